The van der Waals surface area contributed by atoms with Crippen molar-refractivity contribution in [1.82, 2.24) is 14.7 Å². The van der Waals surface area contributed by atoms with Crippen LogP contribution in [0.15, 0.2) is 30.3 Å². The molecule has 138 valence electrons. The monoisotopic (exact) mass is 357 g/mol. The normalized spacial score (nSPS) is 26.0. The Labute approximate surface area is 152 Å². The Balaban J connectivity index is 1.55. The molecule has 1 aromatic rings. The molecule has 1 spiro atoms. The molecule has 0 aromatic heterocycles. The van der Waals surface area contributed by atoms with E-state index in [9.17, 15) is 14.4 Å². The van der Waals surface area contributed by atoms with Gasteiger partial charge in [0.1, 0.15) is 11.6 Å². The van der Waals surface area contributed by atoms with E-state index < -0.39 is 5.54 Å². The number of urea groups is 1. The van der Waals surface area contributed by atoms with Gasteiger partial charge in [0.05, 0.1) is 6.61 Å². The predicted octanol–water partition coefficient (Wildman–Crippen LogP) is 1.23. The minimum absolute atomic E-state index is 0.132. The number of cyclic esters (lactones) is 1. The molecule has 0 radical (unpaired) electrons. The van der Waals surface area contributed by atoms with E-state index in [1.807, 2.05) is 30.3 Å². The number of nitrogens with zero attached hydrogens (tertiary/aromatic N) is 3. The SMILES string of the molecule is CN1C(=O)N(Cc2ccccc2)C2(CCN(C3CCOC3=O)CC2)C1=O. The molecule has 0 bridgehead atoms. The molecule has 7 nitrogen and oxygen atoms in total. The Hall–Kier alpha value is -2.41. The van der Waals surface area contributed by atoms with Crippen LogP contribution < -0.4 is 0 Å². The highest BCUT2D eigenvalue weighted by atomic mass is 16.5. The van der Waals surface area contributed by atoms with Crippen LogP contribution in [0.25, 0.3) is 0 Å². The van der Waals surface area contributed by atoms with Gasteiger partial charge in [-0.3, -0.25) is 19.4 Å². The summed E-state index contributed by atoms with van der Waals surface area (Å²) in [4.78, 5) is 42.6. The van der Waals surface area contributed by atoms with E-state index >= 15 is 0 Å². The second-order valence-electron chi connectivity index (χ2n) is 7.26. The van der Waals surface area contributed by atoms with Crippen molar-refractivity contribution < 1.29 is 19.1 Å². The Kier molecular flexibility index (Phi) is 4.19. The summed E-state index contributed by atoms with van der Waals surface area (Å²) in [5.41, 5.74) is 0.200. The molecule has 4 rings (SSSR count). The molecule has 3 aliphatic heterocycles. The van der Waals surface area contributed by atoms with Crippen molar-refractivity contribution in [1.29, 1.82) is 0 Å². The van der Waals surface area contributed by atoms with Crippen molar-refractivity contribution in [3.8, 4) is 0 Å². The molecule has 3 heterocycles. The van der Waals surface area contributed by atoms with E-state index in [1.54, 1.807) is 11.9 Å². The van der Waals surface area contributed by atoms with E-state index in [1.165, 1.54) is 4.90 Å². The molecule has 3 amide bonds. The first-order valence-electron chi connectivity index (χ1n) is 9.07. The lowest BCUT2D eigenvalue weighted by Crippen LogP contribution is -2.58. The van der Waals surface area contributed by atoms with Gasteiger partial charge in [-0.1, -0.05) is 30.3 Å². The number of piperidine rings is 1. The van der Waals surface area contributed by atoms with Crippen LogP contribution in [0.3, 0.4) is 0 Å². The van der Waals surface area contributed by atoms with Gasteiger partial charge < -0.3 is 9.64 Å². The molecular formula is C19H23N3O4. The zero-order valence-electron chi connectivity index (χ0n) is 14.9. The number of hydrogen-bond donors (Lipinski definition) is 0. The number of benzene rings is 1. The third-order valence-electron chi connectivity index (χ3n) is 5.89. The van der Waals surface area contributed by atoms with Gasteiger partial charge in [-0.15, -0.1) is 0 Å². The van der Waals surface area contributed by atoms with Crippen LogP contribution in [0.1, 0.15) is 24.8 Å². The van der Waals surface area contributed by atoms with Crippen LogP contribution in [0, 0.1) is 0 Å². The number of hydrogen-bond acceptors (Lipinski definition) is 5. The largest absolute Gasteiger partial charge is 0.464 e. The van der Waals surface area contributed by atoms with Crippen molar-refractivity contribution in [2.45, 2.75) is 37.4 Å². The highest BCUT2D eigenvalue weighted by Crippen LogP contribution is 2.38. The Morgan fingerprint density at radius 1 is 1.12 bits per heavy atom. The molecule has 26 heavy (non-hydrogen) atoms. The topological polar surface area (TPSA) is 70.2 Å². The lowest BCUT2D eigenvalue weighted by Gasteiger charge is -2.43. The molecule has 7 heteroatoms. The molecule has 0 N–H and O–H groups in total. The maximum absolute atomic E-state index is 12.9. The van der Waals surface area contributed by atoms with Crippen LogP contribution in [-0.4, -0.2) is 70.9 Å². The number of amides is 3. The average molecular weight is 357 g/mol. The fourth-order valence-electron chi connectivity index (χ4n) is 4.37. The number of esters is 1. The number of likely N-dealkylation sites (N-methyl/N-ethyl adjacent to an activating group) is 1. The summed E-state index contributed by atoms with van der Waals surface area (Å²) in [6.45, 7) is 2.10. The Morgan fingerprint density at radius 3 is 2.42 bits per heavy atom. The first-order chi connectivity index (χ1) is 12.5. The van der Waals surface area contributed by atoms with Crippen molar-refractivity contribution in [3.63, 3.8) is 0 Å². The summed E-state index contributed by atoms with van der Waals surface area (Å²) in [5, 5.41) is 0. The fourth-order valence-corrected chi connectivity index (χ4v) is 4.37. The van der Waals surface area contributed by atoms with Crippen LogP contribution in [0.5, 0.6) is 0 Å². The third kappa shape index (κ3) is 2.58. The van der Waals surface area contributed by atoms with E-state index in [4.69, 9.17) is 4.74 Å². The summed E-state index contributed by atoms with van der Waals surface area (Å²) in [6.07, 6.45) is 1.78. The number of likely N-dealkylation sites (tertiary alicyclic amines) is 1. The maximum atomic E-state index is 12.9. The highest BCUT2D eigenvalue weighted by Gasteiger charge is 2.57. The smallest absolute Gasteiger partial charge is 0.327 e. The van der Waals surface area contributed by atoms with E-state index in [0.29, 0.717) is 45.5 Å². The van der Waals surface area contributed by atoms with Gasteiger partial charge in [0.2, 0.25) is 0 Å². The minimum atomic E-state index is -0.805. The number of carbonyl (C=O) groups is 3. The molecule has 0 saturated carbocycles. The van der Waals surface area contributed by atoms with Crippen LogP contribution in [0.4, 0.5) is 4.79 Å². The van der Waals surface area contributed by atoms with Gasteiger partial charge in [-0.25, -0.2) is 4.79 Å². The molecule has 3 aliphatic rings. The minimum Gasteiger partial charge on any atom is -0.464 e. The van der Waals surface area contributed by atoms with E-state index in [0.717, 1.165) is 5.56 Å². The van der Waals surface area contributed by atoms with Gasteiger partial charge in [0.15, 0.2) is 0 Å². The number of ether oxygens (including phenoxy) is 1. The maximum Gasteiger partial charge on any atom is 0.327 e. The molecule has 1 unspecified atom stereocenters. The second kappa shape index (κ2) is 6.39. The molecule has 3 saturated heterocycles. The second-order valence-corrected chi connectivity index (χ2v) is 7.26. The zero-order chi connectivity index (χ0) is 18.3. The van der Waals surface area contributed by atoms with Crippen LogP contribution >= 0.6 is 0 Å². The van der Waals surface area contributed by atoms with E-state index in [2.05, 4.69) is 4.90 Å². The fraction of sp³-hybridized carbons (Fsp3) is 0.526. The number of imide groups is 1. The average Bonchev–Trinajstić information content (AvgIpc) is 3.16. The summed E-state index contributed by atoms with van der Waals surface area (Å²) < 4.78 is 5.07. The van der Waals surface area contributed by atoms with Crippen LogP contribution in [0.2, 0.25) is 0 Å². The number of carbonyl (C=O) groups excluding carboxylic acids is 3. The highest BCUT2D eigenvalue weighted by molar-refractivity contribution is 6.06. The van der Waals surface area contributed by atoms with Crippen LogP contribution in [-0.2, 0) is 20.9 Å². The van der Waals surface area contributed by atoms with Gasteiger partial charge in [0.25, 0.3) is 5.91 Å². The molecule has 3 fully saturated rings. The van der Waals surface area contributed by atoms with Gasteiger partial charge in [0, 0.05) is 33.1 Å². The molecule has 1 atom stereocenters. The standard InChI is InChI=1S/C19H23N3O4/c1-20-17(24)19(22(18(20)25)13-14-5-3-2-4-6-14)8-10-21(11-9-19)15-7-12-26-16(15)23/h2-6,15H,7-13H2,1H3. The van der Waals surface area contributed by atoms with Crippen molar-refractivity contribution >= 4 is 17.9 Å². The Bertz CT molecular complexity index is 728. The Morgan fingerprint density at radius 2 is 1.81 bits per heavy atom. The first-order valence-corrected chi connectivity index (χ1v) is 9.07. The predicted molar refractivity (Wildman–Crippen MR) is 93.1 cm³/mol. The summed E-state index contributed by atoms with van der Waals surface area (Å²) in [7, 11) is 1.55. The molecular weight excluding hydrogens is 334 g/mol. The zero-order valence-corrected chi connectivity index (χ0v) is 14.9. The van der Waals surface area contributed by atoms with Gasteiger partial charge in [-0.2, -0.15) is 0 Å². The van der Waals surface area contributed by atoms with Crippen molar-refractivity contribution in [3.05, 3.63) is 35.9 Å². The first kappa shape index (κ1) is 17.0. The van der Waals surface area contributed by atoms with Gasteiger partial charge >= 0.3 is 12.0 Å². The summed E-state index contributed by atoms with van der Waals surface area (Å²) in [6, 6.07) is 9.28. The van der Waals surface area contributed by atoms with Gasteiger partial charge in [-0.05, 0) is 18.4 Å². The lowest BCUT2D eigenvalue weighted by molar-refractivity contribution is -0.143. The van der Waals surface area contributed by atoms with Crippen molar-refractivity contribution in [2.75, 3.05) is 26.7 Å². The lowest BCUT2D eigenvalue weighted by atomic mass is 9.85. The quantitative estimate of drug-likeness (QED) is 0.601. The summed E-state index contributed by atoms with van der Waals surface area (Å²) >= 11 is 0. The van der Waals surface area contributed by atoms with Crippen molar-refractivity contribution in [2.24, 2.45) is 0 Å². The summed E-state index contributed by atoms with van der Waals surface area (Å²) in [5.74, 6) is -0.305. The molecule has 1 aromatic carbocycles. The number of rotatable bonds is 3. The molecule has 0 aliphatic carbocycles. The third-order valence-corrected chi connectivity index (χ3v) is 5.89. The van der Waals surface area contributed by atoms with E-state index in [-0.39, 0.29) is 23.9 Å².